The summed E-state index contributed by atoms with van der Waals surface area (Å²) in [5.74, 6) is -0.835. The molecule has 3 rings (SSSR count). The topological polar surface area (TPSA) is 113 Å². The molecular formula is C16H19N3O6S. The molecule has 2 heterocycles. The molecule has 1 N–H and O–H groups in total. The molecule has 9 nitrogen and oxygen atoms in total. The molecule has 0 saturated carbocycles. The van der Waals surface area contributed by atoms with Crippen molar-refractivity contribution in [3.8, 4) is 0 Å². The van der Waals surface area contributed by atoms with Crippen molar-refractivity contribution in [2.24, 2.45) is 0 Å². The van der Waals surface area contributed by atoms with Crippen LogP contribution in [0.1, 0.15) is 12.0 Å². The summed E-state index contributed by atoms with van der Waals surface area (Å²) in [5, 5.41) is 0. The van der Waals surface area contributed by atoms with Gasteiger partial charge in [0.2, 0.25) is 15.9 Å². The lowest BCUT2D eigenvalue weighted by Gasteiger charge is -2.20. The molecule has 2 aliphatic heterocycles. The Balaban J connectivity index is 1.57. The molecule has 1 aromatic rings. The van der Waals surface area contributed by atoms with Gasteiger partial charge in [-0.1, -0.05) is 12.1 Å². The van der Waals surface area contributed by atoms with Gasteiger partial charge in [0.25, 0.3) is 5.91 Å². The first-order valence-corrected chi connectivity index (χ1v) is 9.59. The van der Waals surface area contributed by atoms with Crippen LogP contribution in [0.2, 0.25) is 0 Å². The number of nitrogens with zero attached hydrogens (tertiary/aromatic N) is 2. The van der Waals surface area contributed by atoms with Gasteiger partial charge >= 0.3 is 6.09 Å². The summed E-state index contributed by atoms with van der Waals surface area (Å²) in [4.78, 5) is 38.1. The van der Waals surface area contributed by atoms with Crippen molar-refractivity contribution < 1.29 is 27.5 Å². The number of carbonyl (C=O) groups is 3. The normalized spacial score (nSPS) is 20.6. The number of likely N-dealkylation sites (tertiary alicyclic amines) is 1. The van der Waals surface area contributed by atoms with Gasteiger partial charge in [0.15, 0.2) is 6.61 Å². The van der Waals surface area contributed by atoms with Crippen LogP contribution in [0.25, 0.3) is 0 Å². The van der Waals surface area contributed by atoms with E-state index in [-0.39, 0.29) is 24.6 Å². The number of nitrogens with one attached hydrogen (secondary N) is 1. The molecule has 2 fully saturated rings. The zero-order valence-electron chi connectivity index (χ0n) is 14.2. The van der Waals surface area contributed by atoms with Crippen LogP contribution in [0.3, 0.4) is 0 Å². The Hall–Kier alpha value is -2.46. The van der Waals surface area contributed by atoms with Gasteiger partial charge in [-0.15, -0.1) is 0 Å². The summed E-state index contributed by atoms with van der Waals surface area (Å²) < 4.78 is 31.5. The molecule has 10 heteroatoms. The standard InChI is InChI=1S/C16H19N3O6S/c1-11-3-2-4-13(7-11)26(23,24)17-8-14(20)18-6-5-12(9-18)19-15(21)10-25-16(19)22/h2-4,7,12,17H,5-6,8-10H2,1H3. The van der Waals surface area contributed by atoms with Crippen LogP contribution in [-0.4, -0.2) is 68.4 Å². The number of sulfonamides is 1. The number of amides is 3. The van der Waals surface area contributed by atoms with E-state index in [2.05, 4.69) is 9.46 Å². The molecule has 0 spiro atoms. The lowest BCUT2D eigenvalue weighted by Crippen LogP contribution is -2.43. The van der Waals surface area contributed by atoms with Crippen LogP contribution in [0.4, 0.5) is 4.79 Å². The van der Waals surface area contributed by atoms with Crippen molar-refractivity contribution >= 4 is 27.9 Å². The van der Waals surface area contributed by atoms with Crippen molar-refractivity contribution in [1.82, 2.24) is 14.5 Å². The Morgan fingerprint density at radius 1 is 1.35 bits per heavy atom. The van der Waals surface area contributed by atoms with Gasteiger partial charge in [-0.3, -0.25) is 9.59 Å². The third-order valence-corrected chi connectivity index (χ3v) is 5.78. The number of hydrogen-bond donors (Lipinski definition) is 1. The summed E-state index contributed by atoms with van der Waals surface area (Å²) in [7, 11) is -3.79. The molecule has 26 heavy (non-hydrogen) atoms. The molecule has 2 saturated heterocycles. The summed E-state index contributed by atoms with van der Waals surface area (Å²) >= 11 is 0. The largest absolute Gasteiger partial charge is 0.439 e. The van der Waals surface area contributed by atoms with E-state index in [1.165, 1.54) is 17.0 Å². The summed E-state index contributed by atoms with van der Waals surface area (Å²) in [5.41, 5.74) is 0.795. The van der Waals surface area contributed by atoms with E-state index in [1.807, 2.05) is 0 Å². The maximum absolute atomic E-state index is 12.3. The molecule has 0 aromatic heterocycles. The predicted octanol–water partition coefficient (Wildman–Crippen LogP) is -0.147. The van der Waals surface area contributed by atoms with E-state index < -0.39 is 34.0 Å². The fourth-order valence-electron chi connectivity index (χ4n) is 3.03. The lowest BCUT2D eigenvalue weighted by molar-refractivity contribution is -0.130. The second kappa shape index (κ2) is 7.04. The van der Waals surface area contributed by atoms with Crippen molar-refractivity contribution in [2.45, 2.75) is 24.3 Å². The number of rotatable bonds is 5. The minimum atomic E-state index is -3.79. The third kappa shape index (κ3) is 3.70. The molecular weight excluding hydrogens is 362 g/mol. The average molecular weight is 381 g/mol. The first kappa shape index (κ1) is 18.3. The maximum atomic E-state index is 12.3. The number of benzene rings is 1. The fourth-order valence-corrected chi connectivity index (χ4v) is 4.11. The highest BCUT2D eigenvalue weighted by Gasteiger charge is 2.41. The average Bonchev–Trinajstić information content (AvgIpc) is 3.19. The van der Waals surface area contributed by atoms with Crippen LogP contribution in [0.15, 0.2) is 29.2 Å². The fraction of sp³-hybridized carbons (Fsp3) is 0.438. The molecule has 140 valence electrons. The lowest BCUT2D eigenvalue weighted by atomic mass is 10.2. The molecule has 0 aliphatic carbocycles. The Bertz CT molecular complexity index is 837. The minimum Gasteiger partial charge on any atom is -0.439 e. The van der Waals surface area contributed by atoms with Crippen molar-refractivity contribution in [2.75, 3.05) is 26.2 Å². The van der Waals surface area contributed by atoms with Gasteiger partial charge in [-0.2, -0.15) is 0 Å². The van der Waals surface area contributed by atoms with Crippen LogP contribution in [-0.2, 0) is 24.3 Å². The summed E-state index contributed by atoms with van der Waals surface area (Å²) in [6, 6.07) is 5.94. The molecule has 3 amide bonds. The Morgan fingerprint density at radius 2 is 2.12 bits per heavy atom. The van der Waals surface area contributed by atoms with Crippen LogP contribution >= 0.6 is 0 Å². The highest BCUT2D eigenvalue weighted by Crippen LogP contribution is 2.20. The van der Waals surface area contributed by atoms with Gasteiger partial charge in [0.05, 0.1) is 17.5 Å². The molecule has 1 unspecified atom stereocenters. The van der Waals surface area contributed by atoms with E-state index in [0.29, 0.717) is 13.0 Å². The van der Waals surface area contributed by atoms with Crippen molar-refractivity contribution in [1.29, 1.82) is 0 Å². The highest BCUT2D eigenvalue weighted by molar-refractivity contribution is 7.89. The van der Waals surface area contributed by atoms with Gasteiger partial charge in [-0.05, 0) is 31.0 Å². The SMILES string of the molecule is Cc1cccc(S(=O)(=O)NCC(=O)N2CCC(N3C(=O)COC3=O)C2)c1. The van der Waals surface area contributed by atoms with Crippen LogP contribution in [0.5, 0.6) is 0 Å². The van der Waals surface area contributed by atoms with E-state index in [1.54, 1.807) is 19.1 Å². The van der Waals surface area contributed by atoms with Gasteiger partial charge in [0, 0.05) is 13.1 Å². The number of carbonyl (C=O) groups excluding carboxylic acids is 3. The van der Waals surface area contributed by atoms with Gasteiger partial charge in [0.1, 0.15) is 0 Å². The molecule has 1 atom stereocenters. The Labute approximate surface area is 150 Å². The second-order valence-electron chi connectivity index (χ2n) is 6.24. The van der Waals surface area contributed by atoms with Gasteiger partial charge in [-0.25, -0.2) is 22.8 Å². The molecule has 0 bridgehead atoms. The molecule has 0 radical (unpaired) electrons. The van der Waals surface area contributed by atoms with E-state index >= 15 is 0 Å². The monoisotopic (exact) mass is 381 g/mol. The molecule has 2 aliphatic rings. The zero-order chi connectivity index (χ0) is 18.9. The summed E-state index contributed by atoms with van der Waals surface area (Å²) in [6.45, 7) is 1.62. The first-order chi connectivity index (χ1) is 12.3. The summed E-state index contributed by atoms with van der Waals surface area (Å²) in [6.07, 6.45) is -0.258. The van der Waals surface area contributed by atoms with Crippen molar-refractivity contribution in [3.63, 3.8) is 0 Å². The van der Waals surface area contributed by atoms with Gasteiger partial charge < -0.3 is 9.64 Å². The second-order valence-corrected chi connectivity index (χ2v) is 8.01. The smallest absolute Gasteiger partial charge is 0.417 e. The minimum absolute atomic E-state index is 0.0926. The number of ether oxygens (including phenoxy) is 1. The predicted molar refractivity (Wildman–Crippen MR) is 89.5 cm³/mol. The third-order valence-electron chi connectivity index (χ3n) is 4.38. The van der Waals surface area contributed by atoms with Crippen molar-refractivity contribution in [3.05, 3.63) is 29.8 Å². The maximum Gasteiger partial charge on any atom is 0.417 e. The van der Waals surface area contributed by atoms with E-state index in [9.17, 15) is 22.8 Å². The van der Waals surface area contributed by atoms with Crippen LogP contribution in [0, 0.1) is 6.92 Å². The number of imide groups is 1. The van der Waals surface area contributed by atoms with Crippen LogP contribution < -0.4 is 4.72 Å². The number of hydrogen-bond acceptors (Lipinski definition) is 6. The van der Waals surface area contributed by atoms with E-state index in [4.69, 9.17) is 0 Å². The molecule has 1 aromatic carbocycles. The number of aryl methyl sites for hydroxylation is 1. The first-order valence-electron chi connectivity index (χ1n) is 8.11. The number of cyclic esters (lactones) is 1. The quantitative estimate of drug-likeness (QED) is 0.759. The highest BCUT2D eigenvalue weighted by atomic mass is 32.2. The van der Waals surface area contributed by atoms with E-state index in [0.717, 1.165) is 10.5 Å². The Morgan fingerprint density at radius 3 is 2.77 bits per heavy atom. The Kier molecular flexibility index (Phi) is 4.97. The zero-order valence-corrected chi connectivity index (χ0v) is 15.0.